The highest BCUT2D eigenvalue weighted by atomic mass is 32.1. The van der Waals surface area contributed by atoms with E-state index < -0.39 is 0 Å². The monoisotopic (exact) mass is 396 g/mol. The van der Waals surface area contributed by atoms with Gasteiger partial charge in [-0.1, -0.05) is 0 Å². The SMILES string of the molecule is CC(O)CNc1ccc(C#N)c2sccc12.Fc1ccc(-c2nnco2)cc1. The van der Waals surface area contributed by atoms with E-state index in [0.717, 1.165) is 15.8 Å². The fourth-order valence-corrected chi connectivity index (χ4v) is 3.34. The van der Waals surface area contributed by atoms with Crippen LogP contribution in [-0.4, -0.2) is 28.0 Å². The van der Waals surface area contributed by atoms with E-state index in [4.69, 9.17) is 9.68 Å². The van der Waals surface area contributed by atoms with E-state index in [1.54, 1.807) is 30.4 Å². The zero-order chi connectivity index (χ0) is 19.9. The maximum Gasteiger partial charge on any atom is 0.247 e. The Labute approximate surface area is 164 Å². The van der Waals surface area contributed by atoms with E-state index in [2.05, 4.69) is 21.6 Å². The van der Waals surface area contributed by atoms with E-state index in [0.29, 0.717) is 23.6 Å². The molecule has 0 aliphatic rings. The maximum absolute atomic E-state index is 12.5. The lowest BCUT2D eigenvalue weighted by atomic mass is 10.1. The standard InChI is InChI=1S/C12H12N2OS.C8H5FN2O/c1-8(15)7-14-11-3-2-9(6-13)12-10(11)4-5-16-12;9-7-3-1-6(2-4-7)8-11-10-5-12-8/h2-5,8,14-15H,7H2,1H3;1-5H. The molecule has 8 heteroatoms. The molecular formula is C20H17FN4O2S. The largest absolute Gasteiger partial charge is 0.423 e. The van der Waals surface area contributed by atoms with E-state index in [1.807, 2.05) is 23.6 Å². The van der Waals surface area contributed by atoms with Gasteiger partial charge in [0.15, 0.2) is 0 Å². The second kappa shape index (κ2) is 9.08. The normalized spacial score (nSPS) is 11.4. The number of rotatable bonds is 4. The van der Waals surface area contributed by atoms with Crippen molar-refractivity contribution in [2.45, 2.75) is 13.0 Å². The van der Waals surface area contributed by atoms with Crippen LogP contribution in [0.4, 0.5) is 10.1 Å². The third-order valence-corrected chi connectivity index (χ3v) is 4.72. The lowest BCUT2D eigenvalue weighted by Crippen LogP contribution is -2.15. The first-order valence-corrected chi connectivity index (χ1v) is 9.31. The van der Waals surface area contributed by atoms with Crippen molar-refractivity contribution >= 4 is 27.1 Å². The van der Waals surface area contributed by atoms with Gasteiger partial charge in [0.05, 0.1) is 16.4 Å². The van der Waals surface area contributed by atoms with Gasteiger partial charge < -0.3 is 14.8 Å². The summed E-state index contributed by atoms with van der Waals surface area (Å²) in [5.41, 5.74) is 2.39. The highest BCUT2D eigenvalue weighted by Crippen LogP contribution is 2.30. The summed E-state index contributed by atoms with van der Waals surface area (Å²) in [6.07, 6.45) is 0.850. The van der Waals surface area contributed by atoms with E-state index >= 15 is 0 Å². The predicted molar refractivity (Wildman–Crippen MR) is 106 cm³/mol. The minimum Gasteiger partial charge on any atom is -0.423 e. The number of thiophene rings is 1. The molecule has 2 N–H and O–H groups in total. The van der Waals surface area contributed by atoms with Crippen molar-refractivity contribution in [3.05, 3.63) is 65.6 Å². The molecule has 2 aromatic heterocycles. The van der Waals surface area contributed by atoms with Gasteiger partial charge in [0.25, 0.3) is 0 Å². The Bertz CT molecular complexity index is 1070. The van der Waals surface area contributed by atoms with E-state index in [9.17, 15) is 9.50 Å². The molecule has 0 fully saturated rings. The molecule has 2 heterocycles. The summed E-state index contributed by atoms with van der Waals surface area (Å²) in [6, 6.07) is 13.7. The van der Waals surface area contributed by atoms with Crippen LogP contribution in [0, 0.1) is 17.1 Å². The Morgan fingerprint density at radius 2 is 2.04 bits per heavy atom. The van der Waals surface area contributed by atoms with Crippen molar-refractivity contribution in [3.8, 4) is 17.5 Å². The highest BCUT2D eigenvalue weighted by Gasteiger charge is 2.07. The quantitative estimate of drug-likeness (QED) is 0.529. The molecule has 142 valence electrons. The number of aromatic nitrogens is 2. The number of anilines is 1. The van der Waals surface area contributed by atoms with Gasteiger partial charge in [-0.25, -0.2) is 4.39 Å². The molecule has 0 radical (unpaired) electrons. The topological polar surface area (TPSA) is 95.0 Å². The number of hydrogen-bond acceptors (Lipinski definition) is 7. The molecule has 28 heavy (non-hydrogen) atoms. The number of nitrogens with one attached hydrogen (secondary N) is 1. The van der Waals surface area contributed by atoms with Gasteiger partial charge in [-0.15, -0.1) is 21.5 Å². The van der Waals surface area contributed by atoms with Crippen molar-refractivity contribution < 1.29 is 13.9 Å². The van der Waals surface area contributed by atoms with E-state index in [-0.39, 0.29) is 11.9 Å². The van der Waals surface area contributed by atoms with Crippen LogP contribution in [0.2, 0.25) is 0 Å². The number of nitrogens with zero attached hydrogens (tertiary/aromatic N) is 3. The molecule has 0 spiro atoms. The minimum atomic E-state index is -0.385. The van der Waals surface area contributed by atoms with Crippen LogP contribution >= 0.6 is 11.3 Å². The smallest absolute Gasteiger partial charge is 0.247 e. The average Bonchev–Trinajstić information content (AvgIpc) is 3.39. The van der Waals surface area contributed by atoms with E-state index in [1.165, 1.54) is 18.5 Å². The first kappa shape index (κ1) is 19.5. The molecule has 2 aromatic carbocycles. The lowest BCUT2D eigenvalue weighted by Gasteiger charge is -2.09. The van der Waals surface area contributed by atoms with Crippen LogP contribution in [0.3, 0.4) is 0 Å². The molecule has 4 rings (SSSR count). The van der Waals surface area contributed by atoms with Gasteiger partial charge in [0.1, 0.15) is 11.9 Å². The van der Waals surface area contributed by atoms with Crippen molar-refractivity contribution in [2.24, 2.45) is 0 Å². The van der Waals surface area contributed by atoms with Crippen molar-refractivity contribution in [2.75, 3.05) is 11.9 Å². The third kappa shape index (κ3) is 4.71. The van der Waals surface area contributed by atoms with Crippen LogP contribution in [0.15, 0.2) is 58.7 Å². The summed E-state index contributed by atoms with van der Waals surface area (Å²) in [5, 5.41) is 31.6. The van der Waals surface area contributed by atoms with Crippen molar-refractivity contribution in [1.82, 2.24) is 10.2 Å². The number of hydrogen-bond donors (Lipinski definition) is 2. The summed E-state index contributed by atoms with van der Waals surface area (Å²) in [4.78, 5) is 0. The van der Waals surface area contributed by atoms with Crippen molar-refractivity contribution in [3.63, 3.8) is 0 Å². The first-order valence-electron chi connectivity index (χ1n) is 8.43. The molecule has 0 saturated heterocycles. The van der Waals surface area contributed by atoms with Gasteiger partial charge >= 0.3 is 0 Å². The molecule has 0 bridgehead atoms. The number of aliphatic hydroxyl groups excluding tert-OH is 1. The fraction of sp³-hybridized carbons (Fsp3) is 0.150. The number of fused-ring (bicyclic) bond motifs is 1. The highest BCUT2D eigenvalue weighted by molar-refractivity contribution is 7.17. The lowest BCUT2D eigenvalue weighted by molar-refractivity contribution is 0.208. The Morgan fingerprint density at radius 1 is 1.25 bits per heavy atom. The predicted octanol–water partition coefficient (Wildman–Crippen LogP) is 4.44. The van der Waals surface area contributed by atoms with Gasteiger partial charge in [0, 0.05) is 23.2 Å². The number of aliphatic hydroxyl groups is 1. The van der Waals surface area contributed by atoms with Gasteiger partial charge in [-0.2, -0.15) is 5.26 Å². The van der Waals surface area contributed by atoms with Crippen LogP contribution in [0.5, 0.6) is 0 Å². The average molecular weight is 396 g/mol. The Balaban J connectivity index is 0.000000167. The second-order valence-corrected chi connectivity index (χ2v) is 6.83. The molecule has 1 unspecified atom stereocenters. The zero-order valence-electron chi connectivity index (χ0n) is 15.0. The summed E-state index contributed by atoms with van der Waals surface area (Å²) >= 11 is 1.56. The zero-order valence-corrected chi connectivity index (χ0v) is 15.8. The summed E-state index contributed by atoms with van der Waals surface area (Å²) < 4.78 is 18.4. The Hall–Kier alpha value is -3.28. The Morgan fingerprint density at radius 3 is 2.68 bits per heavy atom. The fourth-order valence-electron chi connectivity index (χ4n) is 2.45. The van der Waals surface area contributed by atoms with Crippen LogP contribution < -0.4 is 5.32 Å². The maximum atomic E-state index is 12.5. The van der Waals surface area contributed by atoms with Crippen molar-refractivity contribution in [1.29, 1.82) is 5.26 Å². The van der Waals surface area contributed by atoms with Crippen LogP contribution in [0.25, 0.3) is 21.5 Å². The molecule has 1 atom stereocenters. The first-order chi connectivity index (χ1) is 13.6. The number of benzene rings is 2. The molecule has 4 aromatic rings. The Kier molecular flexibility index (Phi) is 6.32. The molecule has 0 aliphatic heterocycles. The van der Waals surface area contributed by atoms with Gasteiger partial charge in [-0.05, 0) is 54.8 Å². The van der Waals surface area contributed by atoms with Gasteiger partial charge in [0.2, 0.25) is 12.3 Å². The summed E-state index contributed by atoms with van der Waals surface area (Å²) in [7, 11) is 0. The van der Waals surface area contributed by atoms with Crippen LogP contribution in [-0.2, 0) is 0 Å². The number of halogens is 1. The summed E-state index contributed by atoms with van der Waals surface area (Å²) in [5.74, 6) is 0.119. The van der Waals surface area contributed by atoms with Gasteiger partial charge in [-0.3, -0.25) is 0 Å². The molecule has 0 aliphatic carbocycles. The number of nitriles is 1. The van der Waals surface area contributed by atoms with Crippen LogP contribution in [0.1, 0.15) is 12.5 Å². The third-order valence-electron chi connectivity index (χ3n) is 3.78. The molecule has 0 saturated carbocycles. The second-order valence-electron chi connectivity index (χ2n) is 5.92. The molecular weight excluding hydrogens is 379 g/mol. The molecule has 6 nitrogen and oxygen atoms in total. The summed E-state index contributed by atoms with van der Waals surface area (Å²) in [6.45, 7) is 2.25. The minimum absolute atomic E-state index is 0.279. The molecule has 0 amide bonds.